The van der Waals surface area contributed by atoms with Gasteiger partial charge in [-0.1, -0.05) is 63.3 Å². The summed E-state index contributed by atoms with van der Waals surface area (Å²) in [6.07, 6.45) is 6.89. The van der Waals surface area contributed by atoms with Crippen LogP contribution in [0.25, 0.3) is 10.8 Å². The van der Waals surface area contributed by atoms with Gasteiger partial charge >= 0.3 is 0 Å². The van der Waals surface area contributed by atoms with E-state index in [1.54, 1.807) is 0 Å². The van der Waals surface area contributed by atoms with E-state index in [1.165, 1.54) is 25.7 Å². The molecule has 0 fully saturated rings. The van der Waals surface area contributed by atoms with Gasteiger partial charge in [0.1, 0.15) is 11.5 Å². The second-order valence-corrected chi connectivity index (χ2v) is 6.25. The van der Waals surface area contributed by atoms with Crippen LogP contribution in [0.5, 0.6) is 11.5 Å². The molecule has 0 N–H and O–H groups in total. The van der Waals surface area contributed by atoms with Gasteiger partial charge in [0.2, 0.25) is 0 Å². The number of rotatable bonds is 10. The van der Waals surface area contributed by atoms with Crippen LogP contribution in [0.1, 0.15) is 52.4 Å². The van der Waals surface area contributed by atoms with Gasteiger partial charge in [-0.25, -0.2) is 0 Å². The van der Waals surface area contributed by atoms with Crippen molar-refractivity contribution in [2.75, 3.05) is 13.2 Å². The standard InChI is InChI=1S/C20H27ClO2/c1-3-5-7-14-22-19-11-9-10-17-16(19)12-13-18(21)20(17)23-15-8-6-4-2/h9-13H,3-8,14-15H2,1-2H3. The highest BCUT2D eigenvalue weighted by atomic mass is 35.5. The number of benzene rings is 2. The zero-order valence-electron chi connectivity index (χ0n) is 14.2. The van der Waals surface area contributed by atoms with Crippen molar-refractivity contribution in [3.8, 4) is 11.5 Å². The summed E-state index contributed by atoms with van der Waals surface area (Å²) in [5.41, 5.74) is 0. The fourth-order valence-corrected chi connectivity index (χ4v) is 2.83. The summed E-state index contributed by atoms with van der Waals surface area (Å²) in [4.78, 5) is 0. The van der Waals surface area contributed by atoms with E-state index >= 15 is 0 Å². The maximum Gasteiger partial charge on any atom is 0.145 e. The Hall–Kier alpha value is -1.41. The van der Waals surface area contributed by atoms with Gasteiger partial charge in [0.25, 0.3) is 0 Å². The third-order valence-electron chi connectivity index (χ3n) is 3.92. The van der Waals surface area contributed by atoms with Crippen LogP contribution in [0.3, 0.4) is 0 Å². The molecule has 0 saturated heterocycles. The van der Waals surface area contributed by atoms with E-state index in [0.29, 0.717) is 11.6 Å². The number of unbranched alkanes of at least 4 members (excludes halogenated alkanes) is 4. The molecule has 0 aliphatic rings. The van der Waals surface area contributed by atoms with E-state index in [4.69, 9.17) is 21.1 Å². The topological polar surface area (TPSA) is 18.5 Å². The van der Waals surface area contributed by atoms with Crippen molar-refractivity contribution in [2.24, 2.45) is 0 Å². The van der Waals surface area contributed by atoms with Crippen LogP contribution in [-0.4, -0.2) is 13.2 Å². The Morgan fingerprint density at radius 1 is 0.783 bits per heavy atom. The molecule has 0 aromatic heterocycles. The van der Waals surface area contributed by atoms with Gasteiger partial charge < -0.3 is 9.47 Å². The normalized spacial score (nSPS) is 10.9. The molecule has 2 rings (SSSR count). The van der Waals surface area contributed by atoms with Crippen LogP contribution in [-0.2, 0) is 0 Å². The first kappa shape index (κ1) is 17.9. The van der Waals surface area contributed by atoms with Crippen LogP contribution in [0.2, 0.25) is 5.02 Å². The molecule has 3 heteroatoms. The SMILES string of the molecule is CCCCCOc1cccc2c(OCCCCC)c(Cl)ccc12. The van der Waals surface area contributed by atoms with Crippen molar-refractivity contribution in [3.63, 3.8) is 0 Å². The lowest BCUT2D eigenvalue weighted by Gasteiger charge is -2.14. The molecule has 0 heterocycles. The summed E-state index contributed by atoms with van der Waals surface area (Å²) in [7, 11) is 0. The number of fused-ring (bicyclic) bond motifs is 1. The predicted molar refractivity (Wildman–Crippen MR) is 99.0 cm³/mol. The Balaban J connectivity index is 2.17. The highest BCUT2D eigenvalue weighted by Gasteiger charge is 2.11. The summed E-state index contributed by atoms with van der Waals surface area (Å²) < 4.78 is 11.9. The molecule has 2 aromatic rings. The first-order chi connectivity index (χ1) is 11.3. The molecule has 0 radical (unpaired) electrons. The fourth-order valence-electron chi connectivity index (χ4n) is 2.61. The van der Waals surface area contributed by atoms with E-state index < -0.39 is 0 Å². The summed E-state index contributed by atoms with van der Waals surface area (Å²) >= 11 is 6.35. The second kappa shape index (κ2) is 9.67. The Morgan fingerprint density at radius 2 is 1.48 bits per heavy atom. The Morgan fingerprint density at radius 3 is 2.17 bits per heavy atom. The minimum Gasteiger partial charge on any atom is -0.493 e. The first-order valence-electron chi connectivity index (χ1n) is 8.74. The van der Waals surface area contributed by atoms with Gasteiger partial charge in [-0.2, -0.15) is 0 Å². The van der Waals surface area contributed by atoms with Crippen LogP contribution in [0, 0.1) is 0 Å². The number of hydrogen-bond donors (Lipinski definition) is 0. The van der Waals surface area contributed by atoms with Crippen LogP contribution in [0.4, 0.5) is 0 Å². The van der Waals surface area contributed by atoms with E-state index in [0.717, 1.165) is 41.7 Å². The molecule has 0 aliphatic heterocycles. The van der Waals surface area contributed by atoms with Gasteiger partial charge in [-0.3, -0.25) is 0 Å². The largest absolute Gasteiger partial charge is 0.493 e. The molecule has 0 atom stereocenters. The molecule has 2 aromatic carbocycles. The van der Waals surface area contributed by atoms with Gasteiger partial charge in [-0.15, -0.1) is 0 Å². The lowest BCUT2D eigenvalue weighted by molar-refractivity contribution is 0.307. The van der Waals surface area contributed by atoms with Crippen molar-refractivity contribution in [2.45, 2.75) is 52.4 Å². The zero-order valence-corrected chi connectivity index (χ0v) is 15.0. The number of ether oxygens (including phenoxy) is 2. The van der Waals surface area contributed by atoms with Gasteiger partial charge in [-0.05, 0) is 31.0 Å². The summed E-state index contributed by atoms with van der Waals surface area (Å²) in [6.45, 7) is 5.84. The van der Waals surface area contributed by atoms with Crippen molar-refractivity contribution >= 4 is 22.4 Å². The van der Waals surface area contributed by atoms with E-state index in [9.17, 15) is 0 Å². The quantitative estimate of drug-likeness (QED) is 0.454. The molecule has 0 amide bonds. The molecular weight excluding hydrogens is 308 g/mol. The lowest BCUT2D eigenvalue weighted by Crippen LogP contribution is -2.00. The van der Waals surface area contributed by atoms with Crippen molar-refractivity contribution in [1.29, 1.82) is 0 Å². The summed E-state index contributed by atoms with van der Waals surface area (Å²) in [6, 6.07) is 9.99. The predicted octanol–water partition coefficient (Wildman–Crippen LogP) is 6.63. The molecule has 126 valence electrons. The molecular formula is C20H27ClO2. The molecule has 0 unspecified atom stereocenters. The van der Waals surface area contributed by atoms with Crippen molar-refractivity contribution < 1.29 is 9.47 Å². The Bertz CT molecular complexity index is 610. The Kier molecular flexibility index (Phi) is 7.54. The number of halogens is 1. The molecule has 0 spiro atoms. The van der Waals surface area contributed by atoms with Crippen molar-refractivity contribution in [3.05, 3.63) is 35.4 Å². The summed E-state index contributed by atoms with van der Waals surface area (Å²) in [5, 5.41) is 2.76. The molecule has 0 saturated carbocycles. The summed E-state index contributed by atoms with van der Waals surface area (Å²) in [5.74, 6) is 1.69. The number of hydrogen-bond acceptors (Lipinski definition) is 2. The zero-order chi connectivity index (χ0) is 16.5. The van der Waals surface area contributed by atoms with Gasteiger partial charge in [0.05, 0.1) is 18.2 Å². The van der Waals surface area contributed by atoms with Gasteiger partial charge in [0, 0.05) is 10.8 Å². The van der Waals surface area contributed by atoms with Crippen LogP contribution in [0.15, 0.2) is 30.3 Å². The lowest BCUT2D eigenvalue weighted by atomic mass is 10.1. The van der Waals surface area contributed by atoms with Crippen molar-refractivity contribution in [1.82, 2.24) is 0 Å². The molecule has 2 nitrogen and oxygen atoms in total. The maximum atomic E-state index is 6.35. The maximum absolute atomic E-state index is 6.35. The van der Waals surface area contributed by atoms with E-state index in [-0.39, 0.29) is 0 Å². The highest BCUT2D eigenvalue weighted by molar-refractivity contribution is 6.33. The Labute approximate surface area is 144 Å². The highest BCUT2D eigenvalue weighted by Crippen LogP contribution is 2.37. The monoisotopic (exact) mass is 334 g/mol. The fraction of sp³-hybridized carbons (Fsp3) is 0.500. The third kappa shape index (κ3) is 5.04. The van der Waals surface area contributed by atoms with E-state index in [2.05, 4.69) is 19.9 Å². The molecule has 0 bridgehead atoms. The van der Waals surface area contributed by atoms with Crippen LogP contribution >= 0.6 is 11.6 Å². The average molecular weight is 335 g/mol. The van der Waals surface area contributed by atoms with E-state index in [1.807, 2.05) is 24.3 Å². The smallest absolute Gasteiger partial charge is 0.145 e. The van der Waals surface area contributed by atoms with Gasteiger partial charge in [0.15, 0.2) is 0 Å². The molecule has 0 aliphatic carbocycles. The molecule has 23 heavy (non-hydrogen) atoms. The van der Waals surface area contributed by atoms with Crippen LogP contribution < -0.4 is 9.47 Å². The minimum absolute atomic E-state index is 0.664. The average Bonchev–Trinajstić information content (AvgIpc) is 2.57. The third-order valence-corrected chi connectivity index (χ3v) is 4.22. The first-order valence-corrected chi connectivity index (χ1v) is 9.12. The minimum atomic E-state index is 0.664. The second-order valence-electron chi connectivity index (χ2n) is 5.84.